The normalized spacial score (nSPS) is 12.7. The van der Waals surface area contributed by atoms with Crippen molar-refractivity contribution in [2.45, 2.75) is 37.5 Å². The fraction of sp³-hybridized carbons (Fsp3) is 0.500. The third-order valence-corrected chi connectivity index (χ3v) is 4.69. The highest BCUT2D eigenvalue weighted by atomic mass is 32.2. The number of hydrogen-bond donors (Lipinski definition) is 2. The lowest BCUT2D eigenvalue weighted by molar-refractivity contribution is -0.0356. The molecule has 102 valence electrons. The molecule has 0 unspecified atom stereocenters. The van der Waals surface area contributed by atoms with Gasteiger partial charge >= 0.3 is 5.97 Å². The Kier molecular flexibility index (Phi) is 4.16. The molecule has 0 radical (unpaired) electrons. The van der Waals surface area contributed by atoms with Crippen LogP contribution in [0.2, 0.25) is 0 Å². The number of hydrogen-bond acceptors (Lipinski definition) is 5. The van der Waals surface area contributed by atoms with Crippen LogP contribution in [-0.2, 0) is 14.9 Å². The van der Waals surface area contributed by atoms with Gasteiger partial charge in [0.2, 0.25) is 0 Å². The highest BCUT2D eigenvalue weighted by molar-refractivity contribution is 7.91. The van der Waals surface area contributed by atoms with Gasteiger partial charge in [-0.25, -0.2) is 13.2 Å². The number of nitrogens with one attached hydrogen (secondary N) is 1. The van der Waals surface area contributed by atoms with Crippen molar-refractivity contribution in [1.82, 2.24) is 4.89 Å². The van der Waals surface area contributed by atoms with Gasteiger partial charge in [-0.15, -0.1) is 11.3 Å². The lowest BCUT2D eigenvalue weighted by Gasteiger charge is -2.18. The second-order valence-corrected chi connectivity index (χ2v) is 7.61. The Labute approximate surface area is 110 Å². The van der Waals surface area contributed by atoms with E-state index in [4.69, 9.17) is 9.94 Å². The quantitative estimate of drug-likeness (QED) is 0.825. The maximum atomic E-state index is 11.8. The second kappa shape index (κ2) is 4.96. The number of carboxylic acid groups (broad SMARTS) is 1. The number of aromatic carboxylic acids is 1. The van der Waals surface area contributed by atoms with Gasteiger partial charge in [-0.3, -0.25) is 4.84 Å². The van der Waals surface area contributed by atoms with Gasteiger partial charge in [0.1, 0.15) is 9.09 Å². The molecule has 0 saturated carbocycles. The third kappa shape index (κ3) is 3.77. The summed E-state index contributed by atoms with van der Waals surface area (Å²) >= 11 is 0.695. The summed E-state index contributed by atoms with van der Waals surface area (Å²) in [7, 11) is -3.85. The Hall–Kier alpha value is -0.960. The minimum absolute atomic E-state index is 0.00568. The summed E-state index contributed by atoms with van der Waals surface area (Å²) in [5, 5.41) is 8.87. The largest absolute Gasteiger partial charge is 0.477 e. The number of thiophene rings is 1. The van der Waals surface area contributed by atoms with E-state index in [0.717, 1.165) is 0 Å². The van der Waals surface area contributed by atoms with Gasteiger partial charge in [0.05, 0.1) is 5.60 Å². The molecule has 6 nitrogen and oxygen atoms in total. The van der Waals surface area contributed by atoms with Gasteiger partial charge < -0.3 is 5.11 Å². The van der Waals surface area contributed by atoms with Crippen LogP contribution in [0.4, 0.5) is 0 Å². The number of sulfonamides is 1. The predicted molar refractivity (Wildman–Crippen MR) is 67.2 cm³/mol. The molecule has 0 bridgehead atoms. The molecule has 0 atom stereocenters. The minimum Gasteiger partial charge on any atom is -0.477 e. The molecule has 1 heterocycles. The summed E-state index contributed by atoms with van der Waals surface area (Å²) in [5.74, 6) is -1.14. The SMILES string of the molecule is Cc1cc(S(=O)(=O)NOC(C)(C)C)sc1C(=O)O. The molecule has 0 saturated heterocycles. The molecule has 1 rings (SSSR count). The maximum absolute atomic E-state index is 11.8. The molecule has 2 N–H and O–H groups in total. The van der Waals surface area contributed by atoms with E-state index in [0.29, 0.717) is 16.9 Å². The molecule has 18 heavy (non-hydrogen) atoms. The fourth-order valence-corrected chi connectivity index (χ4v) is 3.33. The standard InChI is InChI=1S/C10H15NO5S2/c1-6-5-7(17-8(6)9(12)13)18(14,15)11-16-10(2,3)4/h5,11H,1-4H3,(H,12,13). The molecule has 0 aliphatic heterocycles. The van der Waals surface area contributed by atoms with Crippen LogP contribution in [0.15, 0.2) is 10.3 Å². The van der Waals surface area contributed by atoms with Gasteiger partial charge in [-0.1, -0.05) is 4.89 Å². The number of rotatable bonds is 4. The first-order valence-corrected chi connectivity index (χ1v) is 7.36. The fourth-order valence-electron chi connectivity index (χ4n) is 1.02. The van der Waals surface area contributed by atoms with Gasteiger partial charge in [0.25, 0.3) is 10.0 Å². The lowest BCUT2D eigenvalue weighted by Crippen LogP contribution is -2.33. The lowest BCUT2D eigenvalue weighted by atomic mass is 10.2. The first-order chi connectivity index (χ1) is 8.03. The van der Waals surface area contributed by atoms with E-state index in [1.807, 2.05) is 4.89 Å². The number of carboxylic acids is 1. The Balaban J connectivity index is 2.99. The van der Waals surface area contributed by atoms with Crippen LogP contribution >= 0.6 is 11.3 Å². The first kappa shape index (κ1) is 15.1. The van der Waals surface area contributed by atoms with Crippen molar-refractivity contribution in [3.8, 4) is 0 Å². The molecule has 0 aromatic carbocycles. The third-order valence-electron chi connectivity index (χ3n) is 1.81. The zero-order chi connectivity index (χ0) is 14.1. The molecule has 0 aliphatic carbocycles. The summed E-state index contributed by atoms with van der Waals surface area (Å²) in [5.41, 5.74) is -0.265. The van der Waals surface area contributed by atoms with Crippen molar-refractivity contribution in [3.05, 3.63) is 16.5 Å². The van der Waals surface area contributed by atoms with Gasteiger partial charge in [-0.2, -0.15) is 0 Å². The van der Waals surface area contributed by atoms with E-state index in [2.05, 4.69) is 0 Å². The highest BCUT2D eigenvalue weighted by Crippen LogP contribution is 2.26. The van der Waals surface area contributed by atoms with Crippen molar-refractivity contribution in [2.24, 2.45) is 0 Å². The Morgan fingerprint density at radius 1 is 1.44 bits per heavy atom. The Morgan fingerprint density at radius 3 is 2.39 bits per heavy atom. The first-order valence-electron chi connectivity index (χ1n) is 5.06. The van der Waals surface area contributed by atoms with E-state index in [-0.39, 0.29) is 9.09 Å². The number of aryl methyl sites for hydroxylation is 1. The van der Waals surface area contributed by atoms with E-state index < -0.39 is 21.6 Å². The van der Waals surface area contributed by atoms with Crippen LogP contribution in [0.1, 0.15) is 36.0 Å². The average molecular weight is 293 g/mol. The van der Waals surface area contributed by atoms with Crippen LogP contribution in [-0.4, -0.2) is 25.1 Å². The van der Waals surface area contributed by atoms with Crippen molar-refractivity contribution >= 4 is 27.3 Å². The molecule has 0 fully saturated rings. The van der Waals surface area contributed by atoms with Crippen LogP contribution in [0, 0.1) is 6.92 Å². The smallest absolute Gasteiger partial charge is 0.346 e. The van der Waals surface area contributed by atoms with Gasteiger partial charge in [-0.05, 0) is 39.3 Å². The Bertz CT molecular complexity index is 553. The molecular formula is C10H15NO5S2. The molecule has 0 spiro atoms. The molecular weight excluding hydrogens is 278 g/mol. The topological polar surface area (TPSA) is 92.7 Å². The van der Waals surface area contributed by atoms with Crippen molar-refractivity contribution in [3.63, 3.8) is 0 Å². The zero-order valence-electron chi connectivity index (χ0n) is 10.5. The average Bonchev–Trinajstić information content (AvgIpc) is 2.57. The van der Waals surface area contributed by atoms with Crippen molar-refractivity contribution < 1.29 is 23.2 Å². The van der Waals surface area contributed by atoms with Crippen LogP contribution < -0.4 is 4.89 Å². The molecule has 1 aromatic heterocycles. The molecule has 8 heteroatoms. The summed E-state index contributed by atoms with van der Waals surface area (Å²) in [6.45, 7) is 6.62. The summed E-state index contributed by atoms with van der Waals surface area (Å²) in [6.07, 6.45) is 0. The van der Waals surface area contributed by atoms with E-state index in [1.165, 1.54) is 6.07 Å². The van der Waals surface area contributed by atoms with Crippen LogP contribution in [0.25, 0.3) is 0 Å². The molecule has 1 aromatic rings. The van der Waals surface area contributed by atoms with E-state index in [1.54, 1.807) is 27.7 Å². The van der Waals surface area contributed by atoms with Crippen LogP contribution in [0.5, 0.6) is 0 Å². The molecule has 0 aliphatic rings. The maximum Gasteiger partial charge on any atom is 0.346 e. The molecule has 0 amide bonds. The predicted octanol–water partition coefficient (Wildman–Crippen LogP) is 1.76. The van der Waals surface area contributed by atoms with Crippen molar-refractivity contribution in [2.75, 3.05) is 0 Å². The monoisotopic (exact) mass is 293 g/mol. The highest BCUT2D eigenvalue weighted by Gasteiger charge is 2.24. The summed E-state index contributed by atoms with van der Waals surface area (Å²) in [6, 6.07) is 1.31. The van der Waals surface area contributed by atoms with Crippen LogP contribution in [0.3, 0.4) is 0 Å². The minimum atomic E-state index is -3.85. The van der Waals surface area contributed by atoms with Gasteiger partial charge in [0.15, 0.2) is 0 Å². The second-order valence-electron chi connectivity index (χ2n) is 4.68. The Morgan fingerprint density at radius 2 is 2.00 bits per heavy atom. The van der Waals surface area contributed by atoms with E-state index in [9.17, 15) is 13.2 Å². The number of carbonyl (C=O) groups is 1. The summed E-state index contributed by atoms with van der Waals surface area (Å²) in [4.78, 5) is 17.8. The van der Waals surface area contributed by atoms with Gasteiger partial charge in [0, 0.05) is 0 Å². The summed E-state index contributed by atoms with van der Waals surface area (Å²) < 4.78 is 23.6. The van der Waals surface area contributed by atoms with E-state index >= 15 is 0 Å². The van der Waals surface area contributed by atoms with Crippen molar-refractivity contribution in [1.29, 1.82) is 0 Å². The zero-order valence-corrected chi connectivity index (χ0v) is 12.1.